The Bertz CT molecular complexity index is 395. The molecule has 96 valence electrons. The highest BCUT2D eigenvalue weighted by atomic mass is 19.4. The third-order valence-electron chi connectivity index (χ3n) is 1.81. The van der Waals surface area contributed by atoms with E-state index in [9.17, 15) is 18.3 Å². The fourth-order valence-corrected chi connectivity index (χ4v) is 1.02. The number of hydroxylamine groups is 1. The van der Waals surface area contributed by atoms with Gasteiger partial charge < -0.3 is 15.3 Å². The summed E-state index contributed by atoms with van der Waals surface area (Å²) >= 11 is 0. The van der Waals surface area contributed by atoms with E-state index in [1.54, 1.807) is 0 Å². The van der Waals surface area contributed by atoms with Crippen LogP contribution < -0.4 is 5.48 Å². The van der Waals surface area contributed by atoms with Crippen molar-refractivity contribution in [2.24, 2.45) is 0 Å². The highest BCUT2D eigenvalue weighted by Crippen LogP contribution is 2.36. The summed E-state index contributed by atoms with van der Waals surface area (Å²) < 4.78 is 35.1. The van der Waals surface area contributed by atoms with Gasteiger partial charge in [0.2, 0.25) is 5.75 Å². The lowest BCUT2D eigenvalue weighted by Crippen LogP contribution is -2.24. The molecule has 0 amide bonds. The quantitative estimate of drug-likeness (QED) is 0.370. The molecule has 4 N–H and O–H groups in total. The second kappa shape index (κ2) is 5.11. The minimum Gasteiger partial charge on any atom is -0.504 e. The summed E-state index contributed by atoms with van der Waals surface area (Å²) in [7, 11) is 0. The minimum absolute atomic E-state index is 0.0856. The average Bonchev–Trinajstić information content (AvgIpc) is 2.22. The fourth-order valence-electron chi connectivity index (χ4n) is 1.02. The molecule has 0 aromatic heterocycles. The van der Waals surface area contributed by atoms with Crippen LogP contribution in [0.15, 0.2) is 12.1 Å². The van der Waals surface area contributed by atoms with E-state index >= 15 is 0 Å². The van der Waals surface area contributed by atoms with Crippen molar-refractivity contribution in [3.05, 3.63) is 17.7 Å². The number of rotatable bonds is 4. The molecule has 8 heteroatoms. The fraction of sp³-hybridized carbons (Fsp3) is 0.333. The van der Waals surface area contributed by atoms with Crippen molar-refractivity contribution in [3.8, 4) is 17.2 Å². The van der Waals surface area contributed by atoms with Crippen LogP contribution in [-0.4, -0.2) is 28.1 Å². The molecule has 0 unspecified atom stereocenters. The van der Waals surface area contributed by atoms with Gasteiger partial charge in [0.05, 0.1) is 0 Å². The van der Waals surface area contributed by atoms with Crippen molar-refractivity contribution < 1.29 is 33.3 Å². The second-order valence-electron chi connectivity index (χ2n) is 3.17. The number of benzene rings is 1. The van der Waals surface area contributed by atoms with Crippen molar-refractivity contribution in [2.45, 2.75) is 12.7 Å². The Morgan fingerprint density at radius 1 is 1.12 bits per heavy atom. The Balaban J connectivity index is 2.51. The van der Waals surface area contributed by atoms with Gasteiger partial charge >= 0.3 is 6.18 Å². The summed E-state index contributed by atoms with van der Waals surface area (Å²) in [6.07, 6.45) is -4.45. The van der Waals surface area contributed by atoms with Crippen molar-refractivity contribution in [1.82, 2.24) is 5.48 Å². The molecular formula is C9H10F3NO4. The van der Waals surface area contributed by atoms with E-state index in [0.717, 1.165) is 6.07 Å². The molecule has 0 aliphatic heterocycles. The molecule has 0 aliphatic rings. The van der Waals surface area contributed by atoms with Crippen LogP contribution in [0.25, 0.3) is 0 Å². The van der Waals surface area contributed by atoms with Gasteiger partial charge in [-0.15, -0.1) is 0 Å². The van der Waals surface area contributed by atoms with Gasteiger partial charge in [0.15, 0.2) is 18.1 Å². The zero-order valence-corrected chi connectivity index (χ0v) is 8.45. The lowest BCUT2D eigenvalue weighted by molar-refractivity contribution is -0.190. The van der Waals surface area contributed by atoms with Crippen molar-refractivity contribution >= 4 is 0 Å². The van der Waals surface area contributed by atoms with E-state index in [4.69, 9.17) is 10.2 Å². The first-order chi connectivity index (χ1) is 7.81. The first-order valence-electron chi connectivity index (χ1n) is 4.45. The Labute approximate surface area is 94.0 Å². The number of alkyl halides is 3. The number of phenols is 3. The van der Waals surface area contributed by atoms with E-state index in [1.165, 1.54) is 6.07 Å². The molecule has 0 heterocycles. The first-order valence-corrected chi connectivity index (χ1v) is 4.45. The predicted octanol–water partition coefficient (Wildman–Crippen LogP) is 1.39. The Hall–Kier alpha value is -1.67. The van der Waals surface area contributed by atoms with Gasteiger partial charge in [0, 0.05) is 12.1 Å². The monoisotopic (exact) mass is 253 g/mol. The summed E-state index contributed by atoms with van der Waals surface area (Å²) in [6.45, 7) is -1.73. The molecule has 0 bridgehead atoms. The number of nitrogens with one attached hydrogen (secondary N) is 1. The van der Waals surface area contributed by atoms with Crippen LogP contribution in [-0.2, 0) is 11.4 Å². The maximum atomic E-state index is 11.7. The molecule has 0 radical (unpaired) electrons. The van der Waals surface area contributed by atoms with E-state index in [1.807, 2.05) is 5.48 Å². The number of hydrogen-bond donors (Lipinski definition) is 4. The maximum Gasteiger partial charge on any atom is 0.413 e. The average molecular weight is 253 g/mol. The van der Waals surface area contributed by atoms with Gasteiger partial charge in [-0.3, -0.25) is 4.84 Å². The molecule has 0 aliphatic carbocycles. The largest absolute Gasteiger partial charge is 0.504 e. The van der Waals surface area contributed by atoms with Crippen molar-refractivity contribution in [3.63, 3.8) is 0 Å². The molecule has 0 atom stereocenters. The Kier molecular flexibility index (Phi) is 4.02. The van der Waals surface area contributed by atoms with Gasteiger partial charge in [-0.1, -0.05) is 0 Å². The van der Waals surface area contributed by atoms with Crippen molar-refractivity contribution in [1.29, 1.82) is 0 Å². The van der Waals surface area contributed by atoms with Crippen LogP contribution in [0.1, 0.15) is 5.56 Å². The summed E-state index contributed by atoms with van der Waals surface area (Å²) in [6, 6.07) is 2.32. The summed E-state index contributed by atoms with van der Waals surface area (Å²) in [5, 5.41) is 27.4. The highest BCUT2D eigenvalue weighted by molar-refractivity contribution is 5.52. The molecule has 1 aromatic rings. The predicted molar refractivity (Wildman–Crippen MR) is 50.3 cm³/mol. The molecular weight excluding hydrogens is 243 g/mol. The summed E-state index contributed by atoms with van der Waals surface area (Å²) in [5.41, 5.74) is 2.06. The van der Waals surface area contributed by atoms with E-state index in [-0.39, 0.29) is 12.1 Å². The minimum atomic E-state index is -4.45. The molecule has 1 rings (SSSR count). The first kappa shape index (κ1) is 13.4. The lowest BCUT2D eigenvalue weighted by atomic mass is 10.2. The SMILES string of the molecule is Oc1ccc(CNOCC(F)(F)F)c(O)c1O. The van der Waals surface area contributed by atoms with Crippen LogP contribution >= 0.6 is 0 Å². The third kappa shape index (κ3) is 4.00. The standard InChI is InChI=1S/C9H10F3NO4/c10-9(11,12)4-17-13-3-5-1-2-6(14)8(16)7(5)15/h1-2,13-16H,3-4H2. The number of aromatic hydroxyl groups is 3. The highest BCUT2D eigenvalue weighted by Gasteiger charge is 2.27. The molecule has 5 nitrogen and oxygen atoms in total. The number of halogens is 3. The Morgan fingerprint density at radius 3 is 2.35 bits per heavy atom. The van der Waals surface area contributed by atoms with Crippen LogP contribution in [0.2, 0.25) is 0 Å². The molecule has 17 heavy (non-hydrogen) atoms. The van der Waals surface area contributed by atoms with Gasteiger partial charge in [-0.05, 0) is 12.1 Å². The van der Waals surface area contributed by atoms with Gasteiger partial charge in [0.25, 0.3) is 0 Å². The topological polar surface area (TPSA) is 82.0 Å². The molecule has 0 spiro atoms. The van der Waals surface area contributed by atoms with Crippen LogP contribution in [0.3, 0.4) is 0 Å². The van der Waals surface area contributed by atoms with E-state index in [2.05, 4.69) is 4.84 Å². The third-order valence-corrected chi connectivity index (χ3v) is 1.81. The molecule has 0 fully saturated rings. The molecule has 0 saturated heterocycles. The summed E-state index contributed by atoms with van der Waals surface area (Å²) in [4.78, 5) is 4.10. The van der Waals surface area contributed by atoms with E-state index < -0.39 is 30.0 Å². The van der Waals surface area contributed by atoms with Gasteiger partial charge in [-0.25, -0.2) is 0 Å². The van der Waals surface area contributed by atoms with Crippen molar-refractivity contribution in [2.75, 3.05) is 6.61 Å². The summed E-state index contributed by atoms with van der Waals surface area (Å²) in [5.74, 6) is -1.88. The van der Waals surface area contributed by atoms with Crippen LogP contribution in [0.4, 0.5) is 13.2 Å². The zero-order chi connectivity index (χ0) is 13.1. The van der Waals surface area contributed by atoms with Crippen LogP contribution in [0, 0.1) is 0 Å². The van der Waals surface area contributed by atoms with Crippen LogP contribution in [0.5, 0.6) is 17.2 Å². The van der Waals surface area contributed by atoms with Gasteiger partial charge in [-0.2, -0.15) is 18.7 Å². The number of phenolic OH excluding ortho intramolecular Hbond substituents is 3. The number of hydrogen-bond acceptors (Lipinski definition) is 5. The second-order valence-corrected chi connectivity index (χ2v) is 3.17. The smallest absolute Gasteiger partial charge is 0.413 e. The van der Waals surface area contributed by atoms with E-state index in [0.29, 0.717) is 0 Å². The molecule has 1 aromatic carbocycles. The molecule has 0 saturated carbocycles. The zero-order valence-electron chi connectivity index (χ0n) is 8.45. The maximum absolute atomic E-state index is 11.7. The lowest BCUT2D eigenvalue weighted by Gasteiger charge is -2.10. The normalized spacial score (nSPS) is 11.7. The van der Waals surface area contributed by atoms with Gasteiger partial charge in [0.1, 0.15) is 0 Å². The Morgan fingerprint density at radius 2 is 1.76 bits per heavy atom.